The largest absolute Gasteiger partial charge is 0.573 e. The number of hydrogen-bond acceptors (Lipinski definition) is 5. The van der Waals surface area contributed by atoms with E-state index >= 15 is 0 Å². The fourth-order valence-corrected chi connectivity index (χ4v) is 3.40. The van der Waals surface area contributed by atoms with Gasteiger partial charge in [-0.05, 0) is 43.3 Å². The molecule has 0 aliphatic rings. The normalized spacial score (nSPS) is 11.9. The van der Waals surface area contributed by atoms with E-state index in [4.69, 9.17) is 0 Å². The van der Waals surface area contributed by atoms with E-state index in [2.05, 4.69) is 10.1 Å². The van der Waals surface area contributed by atoms with Gasteiger partial charge in [0.05, 0.1) is 11.4 Å². The van der Waals surface area contributed by atoms with E-state index in [0.717, 1.165) is 16.4 Å². The molecule has 29 heavy (non-hydrogen) atoms. The van der Waals surface area contributed by atoms with Gasteiger partial charge < -0.3 is 10.1 Å². The van der Waals surface area contributed by atoms with Crippen LogP contribution in [0.1, 0.15) is 17.3 Å². The van der Waals surface area contributed by atoms with Gasteiger partial charge in [0.1, 0.15) is 5.75 Å². The Kier molecular flexibility index (Phi) is 6.65. The molecule has 156 valence electrons. The van der Waals surface area contributed by atoms with Crippen LogP contribution >= 0.6 is 0 Å². The Hall–Kier alpha value is -2.92. The van der Waals surface area contributed by atoms with Crippen LogP contribution in [0.2, 0.25) is 0 Å². The van der Waals surface area contributed by atoms with Gasteiger partial charge in [0.2, 0.25) is 15.9 Å². The molecular formula is C18H17F3N2O5S. The summed E-state index contributed by atoms with van der Waals surface area (Å²) in [5.74, 6) is -1.36. The van der Waals surface area contributed by atoms with Crippen LogP contribution in [0.15, 0.2) is 53.4 Å². The van der Waals surface area contributed by atoms with E-state index in [1.54, 1.807) is 0 Å². The molecule has 0 bridgehead atoms. The minimum Gasteiger partial charge on any atom is -0.406 e. The molecule has 0 spiro atoms. The average molecular weight is 430 g/mol. The number of ether oxygens (including phenoxy) is 1. The molecule has 1 N–H and O–H groups in total. The minimum atomic E-state index is -4.83. The first-order chi connectivity index (χ1) is 13.4. The maximum Gasteiger partial charge on any atom is 0.573 e. The average Bonchev–Trinajstić information content (AvgIpc) is 2.62. The zero-order valence-corrected chi connectivity index (χ0v) is 16.2. The molecule has 0 aliphatic heterocycles. The zero-order valence-electron chi connectivity index (χ0n) is 15.4. The predicted octanol–water partition coefficient (Wildman–Crippen LogP) is 3.05. The van der Waals surface area contributed by atoms with Crippen LogP contribution in [-0.2, 0) is 14.8 Å². The minimum absolute atomic E-state index is 0.0912. The third kappa shape index (κ3) is 6.29. The van der Waals surface area contributed by atoms with Crippen molar-refractivity contribution in [3.05, 3.63) is 54.1 Å². The number of sulfonamides is 1. The molecule has 2 rings (SSSR count). The first-order valence-electron chi connectivity index (χ1n) is 8.11. The number of amides is 1. The highest BCUT2D eigenvalue weighted by Crippen LogP contribution is 2.24. The summed E-state index contributed by atoms with van der Waals surface area (Å²) in [5.41, 5.74) is 0.517. The maximum absolute atomic E-state index is 12.5. The summed E-state index contributed by atoms with van der Waals surface area (Å²) in [4.78, 5) is 23.3. The number of hydrogen-bond donors (Lipinski definition) is 1. The molecule has 2 aromatic rings. The first kappa shape index (κ1) is 22.4. The molecule has 0 unspecified atom stereocenters. The Morgan fingerprint density at radius 1 is 1.03 bits per heavy atom. The monoisotopic (exact) mass is 430 g/mol. The number of halogens is 3. The molecule has 2 aromatic carbocycles. The highest BCUT2D eigenvalue weighted by Gasteiger charge is 2.31. The lowest BCUT2D eigenvalue weighted by molar-refractivity contribution is -0.274. The van der Waals surface area contributed by atoms with Crippen molar-refractivity contribution in [1.82, 2.24) is 4.31 Å². The molecule has 0 saturated carbocycles. The molecule has 11 heteroatoms. The van der Waals surface area contributed by atoms with E-state index in [1.165, 1.54) is 50.4 Å². The second-order valence-electron chi connectivity index (χ2n) is 5.96. The SMILES string of the molecule is CC(=O)c1ccc(S(=O)(=O)N(C)CC(=O)Nc2ccc(OC(F)(F)F)cc2)cc1. The van der Waals surface area contributed by atoms with Crippen molar-refractivity contribution in [2.24, 2.45) is 0 Å². The quantitative estimate of drug-likeness (QED) is 0.682. The summed E-state index contributed by atoms with van der Waals surface area (Å²) in [6.45, 7) is 0.819. The fourth-order valence-electron chi connectivity index (χ4n) is 2.27. The Morgan fingerprint density at radius 3 is 2.07 bits per heavy atom. The second kappa shape index (κ2) is 8.62. The fraction of sp³-hybridized carbons (Fsp3) is 0.222. The third-order valence-corrected chi connectivity index (χ3v) is 5.52. The smallest absolute Gasteiger partial charge is 0.406 e. The molecule has 0 atom stereocenters. The highest BCUT2D eigenvalue weighted by atomic mass is 32.2. The van der Waals surface area contributed by atoms with Gasteiger partial charge in [0, 0.05) is 18.3 Å². The molecule has 0 radical (unpaired) electrons. The number of rotatable bonds is 7. The topological polar surface area (TPSA) is 92.8 Å². The van der Waals surface area contributed by atoms with Crippen molar-refractivity contribution in [2.75, 3.05) is 18.9 Å². The van der Waals surface area contributed by atoms with Gasteiger partial charge in [-0.15, -0.1) is 13.2 Å². The third-order valence-electron chi connectivity index (χ3n) is 3.71. The number of Topliss-reactive ketones (excluding diaryl/α,β-unsaturated/α-hetero) is 1. The first-order valence-corrected chi connectivity index (χ1v) is 9.55. The Labute approximate surface area is 165 Å². The summed E-state index contributed by atoms with van der Waals surface area (Å²) in [5, 5.41) is 2.38. The number of benzene rings is 2. The van der Waals surface area contributed by atoms with E-state index in [-0.39, 0.29) is 16.4 Å². The van der Waals surface area contributed by atoms with Crippen LogP contribution in [0, 0.1) is 0 Å². The predicted molar refractivity (Wildman–Crippen MR) is 98.0 cm³/mol. The number of nitrogens with zero attached hydrogens (tertiary/aromatic N) is 1. The van der Waals surface area contributed by atoms with Crippen molar-refractivity contribution in [1.29, 1.82) is 0 Å². The van der Waals surface area contributed by atoms with Crippen molar-refractivity contribution >= 4 is 27.4 Å². The van der Waals surface area contributed by atoms with Crippen molar-refractivity contribution < 1.29 is 35.9 Å². The summed E-state index contributed by atoms with van der Waals surface area (Å²) in [7, 11) is -2.78. The van der Waals surface area contributed by atoms with Crippen molar-refractivity contribution in [3.8, 4) is 5.75 Å². The lowest BCUT2D eigenvalue weighted by Gasteiger charge is -2.17. The van der Waals surface area contributed by atoms with Crippen LogP contribution in [-0.4, -0.2) is 44.4 Å². The second-order valence-corrected chi connectivity index (χ2v) is 8.01. The molecule has 0 aliphatic carbocycles. The molecule has 0 saturated heterocycles. The van der Waals surface area contributed by atoms with Crippen molar-refractivity contribution in [2.45, 2.75) is 18.2 Å². The van der Waals surface area contributed by atoms with Crippen molar-refractivity contribution in [3.63, 3.8) is 0 Å². The van der Waals surface area contributed by atoms with Crippen LogP contribution in [0.25, 0.3) is 0 Å². The molecule has 1 amide bonds. The van der Waals surface area contributed by atoms with E-state index in [1.807, 2.05) is 0 Å². The summed E-state index contributed by atoms with van der Waals surface area (Å²) in [6.07, 6.45) is -4.83. The van der Waals surface area contributed by atoms with Gasteiger partial charge in [-0.3, -0.25) is 9.59 Å². The Bertz CT molecular complexity index is 988. The summed E-state index contributed by atoms with van der Waals surface area (Å²) < 4.78 is 66.0. The number of ketones is 1. The van der Waals surface area contributed by atoms with Gasteiger partial charge in [0.25, 0.3) is 0 Å². The van der Waals surface area contributed by atoms with Gasteiger partial charge in [-0.2, -0.15) is 4.31 Å². The van der Waals surface area contributed by atoms with Gasteiger partial charge in [0.15, 0.2) is 5.78 Å². The van der Waals surface area contributed by atoms with Gasteiger partial charge in [-0.25, -0.2) is 8.42 Å². The number of anilines is 1. The van der Waals surface area contributed by atoms with E-state index < -0.39 is 34.6 Å². The van der Waals surface area contributed by atoms with Crippen LogP contribution in [0.5, 0.6) is 5.75 Å². The highest BCUT2D eigenvalue weighted by molar-refractivity contribution is 7.89. The maximum atomic E-state index is 12.5. The van der Waals surface area contributed by atoms with Gasteiger partial charge >= 0.3 is 6.36 Å². The summed E-state index contributed by atoms with van der Waals surface area (Å²) >= 11 is 0. The van der Waals surface area contributed by atoms with Crippen LogP contribution in [0.3, 0.4) is 0 Å². The number of carbonyl (C=O) groups is 2. The zero-order chi connectivity index (χ0) is 21.8. The van der Waals surface area contributed by atoms with E-state index in [0.29, 0.717) is 5.56 Å². The number of alkyl halides is 3. The Morgan fingerprint density at radius 2 is 1.59 bits per heavy atom. The molecular weight excluding hydrogens is 413 g/mol. The number of likely N-dealkylation sites (N-methyl/N-ethyl adjacent to an activating group) is 1. The van der Waals surface area contributed by atoms with Gasteiger partial charge in [-0.1, -0.05) is 12.1 Å². The van der Waals surface area contributed by atoms with Crippen LogP contribution < -0.4 is 10.1 Å². The standard InChI is InChI=1S/C18H17F3N2O5S/c1-12(24)13-3-9-16(10-4-13)29(26,27)23(2)11-17(25)22-14-5-7-15(8-6-14)28-18(19,20)21/h3-10H,11H2,1-2H3,(H,22,25). The molecule has 0 aromatic heterocycles. The number of nitrogens with one attached hydrogen (secondary N) is 1. The summed E-state index contributed by atoms with van der Waals surface area (Å²) in [6, 6.07) is 9.67. The van der Waals surface area contributed by atoms with Crippen LogP contribution in [0.4, 0.5) is 18.9 Å². The lowest BCUT2D eigenvalue weighted by atomic mass is 10.2. The molecule has 0 fully saturated rings. The molecule has 7 nitrogen and oxygen atoms in total. The number of carbonyl (C=O) groups excluding carboxylic acids is 2. The molecule has 0 heterocycles. The Balaban J connectivity index is 2.01. The van der Waals surface area contributed by atoms with E-state index in [9.17, 15) is 31.2 Å². The lowest BCUT2D eigenvalue weighted by Crippen LogP contribution is -2.35.